The molecule has 0 aliphatic rings. The first-order valence-electron chi connectivity index (χ1n) is 5.18. The minimum atomic E-state index is -5.71. The molecule has 1 aromatic carbocycles. The Morgan fingerprint density at radius 2 is 1.50 bits per heavy atom. The maximum Gasteiger partial charge on any atom is 0.434 e. The normalized spacial score (nSPS) is 12.9. The Kier molecular flexibility index (Phi) is 4.80. The van der Waals surface area contributed by atoms with E-state index in [4.69, 9.17) is 0 Å². The van der Waals surface area contributed by atoms with Crippen LogP contribution in [0.5, 0.6) is 0 Å². The van der Waals surface area contributed by atoms with Gasteiger partial charge in [0.05, 0.1) is 0 Å². The summed E-state index contributed by atoms with van der Waals surface area (Å²) in [6.07, 6.45) is -14.0. The predicted octanol–water partition coefficient (Wildman–Crippen LogP) is 3.74. The van der Waals surface area contributed by atoms with Crippen LogP contribution in [0, 0.1) is 0 Å². The van der Waals surface area contributed by atoms with Gasteiger partial charge in [-0.2, -0.15) is 26.3 Å². The van der Waals surface area contributed by atoms with E-state index in [2.05, 4.69) is 4.74 Å². The van der Waals surface area contributed by atoms with E-state index in [9.17, 15) is 31.1 Å². The first-order chi connectivity index (χ1) is 9.10. The molecule has 0 heterocycles. The SMILES string of the molecule is O=C(/C=C/c1ccccc1)OC(C(F)(F)F)C(F)(F)F. The standard InChI is InChI=1S/C12H8F6O2/c13-11(14,15)10(12(16,17)18)20-9(19)7-6-8-4-2-1-3-5-8/h1-7,10H/b7-6+. The second-order valence-corrected chi connectivity index (χ2v) is 3.64. The third kappa shape index (κ3) is 4.94. The van der Waals surface area contributed by atoms with Gasteiger partial charge in [-0.15, -0.1) is 0 Å². The molecule has 0 aliphatic heterocycles. The molecule has 0 unspecified atom stereocenters. The minimum absolute atomic E-state index is 0.431. The zero-order valence-electron chi connectivity index (χ0n) is 9.70. The van der Waals surface area contributed by atoms with Crippen molar-refractivity contribution in [1.29, 1.82) is 0 Å². The molecule has 0 bridgehead atoms. The van der Waals surface area contributed by atoms with Crippen molar-refractivity contribution >= 4 is 12.0 Å². The highest BCUT2D eigenvalue weighted by Crippen LogP contribution is 2.35. The molecule has 2 nitrogen and oxygen atoms in total. The van der Waals surface area contributed by atoms with Crippen molar-refractivity contribution in [3.05, 3.63) is 42.0 Å². The molecule has 110 valence electrons. The number of carbonyl (C=O) groups excluding carboxylic acids is 1. The molecule has 0 saturated carbocycles. The summed E-state index contributed by atoms with van der Waals surface area (Å²) in [4.78, 5) is 11.0. The van der Waals surface area contributed by atoms with Crippen LogP contribution < -0.4 is 0 Å². The van der Waals surface area contributed by atoms with Crippen LogP contribution in [0.4, 0.5) is 26.3 Å². The maximum atomic E-state index is 12.1. The van der Waals surface area contributed by atoms with Crippen LogP contribution in [0.2, 0.25) is 0 Å². The van der Waals surface area contributed by atoms with E-state index in [0.717, 1.165) is 6.08 Å². The molecule has 1 aromatic rings. The Labute approximate surface area is 109 Å². The lowest BCUT2D eigenvalue weighted by molar-refractivity contribution is -0.312. The van der Waals surface area contributed by atoms with Crippen molar-refractivity contribution in [3.8, 4) is 0 Å². The van der Waals surface area contributed by atoms with Crippen LogP contribution in [0.1, 0.15) is 5.56 Å². The number of hydrogen-bond acceptors (Lipinski definition) is 2. The zero-order valence-corrected chi connectivity index (χ0v) is 9.70. The maximum absolute atomic E-state index is 12.1. The van der Waals surface area contributed by atoms with Gasteiger partial charge in [-0.25, -0.2) is 4.79 Å². The summed E-state index contributed by atoms with van der Waals surface area (Å²) in [5.41, 5.74) is 0.431. The van der Waals surface area contributed by atoms with Gasteiger partial charge in [0.15, 0.2) is 0 Å². The lowest BCUT2D eigenvalue weighted by atomic mass is 10.2. The van der Waals surface area contributed by atoms with Gasteiger partial charge < -0.3 is 4.74 Å². The van der Waals surface area contributed by atoms with Crippen LogP contribution >= 0.6 is 0 Å². The minimum Gasteiger partial charge on any atom is -0.440 e. The third-order valence-corrected chi connectivity index (χ3v) is 2.04. The Bertz CT molecular complexity index is 461. The molecule has 0 atom stereocenters. The van der Waals surface area contributed by atoms with E-state index in [0.29, 0.717) is 11.6 Å². The molecule has 0 aromatic heterocycles. The average Bonchev–Trinajstić information content (AvgIpc) is 2.32. The molecule has 8 heteroatoms. The van der Waals surface area contributed by atoms with Gasteiger partial charge in [-0.1, -0.05) is 30.3 Å². The number of ether oxygens (including phenoxy) is 1. The van der Waals surface area contributed by atoms with Crippen molar-refractivity contribution in [1.82, 2.24) is 0 Å². The third-order valence-electron chi connectivity index (χ3n) is 2.04. The fourth-order valence-corrected chi connectivity index (χ4v) is 1.20. The van der Waals surface area contributed by atoms with E-state index in [1.807, 2.05) is 0 Å². The zero-order chi connectivity index (χ0) is 15.4. The van der Waals surface area contributed by atoms with E-state index in [1.165, 1.54) is 12.1 Å². The lowest BCUT2D eigenvalue weighted by Gasteiger charge is -2.22. The second-order valence-electron chi connectivity index (χ2n) is 3.64. The van der Waals surface area contributed by atoms with E-state index < -0.39 is 24.4 Å². The molecule has 0 aliphatic carbocycles. The number of hydrogen-bond donors (Lipinski definition) is 0. The van der Waals surface area contributed by atoms with Crippen molar-refractivity contribution < 1.29 is 35.9 Å². The van der Waals surface area contributed by atoms with Gasteiger partial charge in [-0.05, 0) is 11.6 Å². The molecule has 0 saturated heterocycles. The summed E-state index contributed by atoms with van der Waals surface area (Å²) >= 11 is 0. The second kappa shape index (κ2) is 5.98. The fourth-order valence-electron chi connectivity index (χ4n) is 1.20. The van der Waals surface area contributed by atoms with Gasteiger partial charge in [0, 0.05) is 6.08 Å². The summed E-state index contributed by atoms with van der Waals surface area (Å²) in [5.74, 6) is -1.73. The molecule has 0 spiro atoms. The molecule has 0 radical (unpaired) electrons. The summed E-state index contributed by atoms with van der Waals surface area (Å²) in [6.45, 7) is 0. The van der Waals surface area contributed by atoms with Crippen LogP contribution in [-0.4, -0.2) is 24.4 Å². The summed E-state index contributed by atoms with van der Waals surface area (Å²) in [6, 6.07) is 7.83. The Hall–Kier alpha value is -1.99. The van der Waals surface area contributed by atoms with E-state index in [-0.39, 0.29) is 0 Å². The largest absolute Gasteiger partial charge is 0.440 e. The highest BCUT2D eigenvalue weighted by atomic mass is 19.4. The lowest BCUT2D eigenvalue weighted by Crippen LogP contribution is -2.45. The number of alkyl halides is 6. The quantitative estimate of drug-likeness (QED) is 0.483. The highest BCUT2D eigenvalue weighted by molar-refractivity contribution is 5.87. The van der Waals surface area contributed by atoms with Crippen molar-refractivity contribution in [2.24, 2.45) is 0 Å². The van der Waals surface area contributed by atoms with Crippen LogP contribution in [0.15, 0.2) is 36.4 Å². The van der Waals surface area contributed by atoms with Gasteiger partial charge >= 0.3 is 18.3 Å². The van der Waals surface area contributed by atoms with Crippen LogP contribution in [0.25, 0.3) is 6.08 Å². The topological polar surface area (TPSA) is 26.3 Å². The molecule has 0 amide bonds. The van der Waals surface area contributed by atoms with Crippen molar-refractivity contribution in [2.45, 2.75) is 18.5 Å². The summed E-state index contributed by atoms with van der Waals surface area (Å²) in [7, 11) is 0. The predicted molar refractivity (Wildman–Crippen MR) is 57.5 cm³/mol. The van der Waals surface area contributed by atoms with Gasteiger partial charge in [0.1, 0.15) is 0 Å². The molecule has 20 heavy (non-hydrogen) atoms. The monoisotopic (exact) mass is 298 g/mol. The molecular weight excluding hydrogens is 290 g/mol. The van der Waals surface area contributed by atoms with Crippen LogP contribution in [-0.2, 0) is 9.53 Å². The first kappa shape index (κ1) is 16.1. The number of carbonyl (C=O) groups is 1. The number of rotatable bonds is 3. The molecule has 0 N–H and O–H groups in total. The Balaban J connectivity index is 2.76. The highest BCUT2D eigenvalue weighted by Gasteiger charge is 2.59. The van der Waals surface area contributed by atoms with E-state index >= 15 is 0 Å². The van der Waals surface area contributed by atoms with Crippen LogP contribution in [0.3, 0.4) is 0 Å². The fraction of sp³-hybridized carbons (Fsp3) is 0.250. The summed E-state index contributed by atoms with van der Waals surface area (Å²) in [5, 5.41) is 0. The Morgan fingerprint density at radius 3 is 1.95 bits per heavy atom. The number of esters is 1. The number of benzene rings is 1. The Morgan fingerprint density at radius 1 is 1.00 bits per heavy atom. The smallest absolute Gasteiger partial charge is 0.434 e. The molecule has 0 fully saturated rings. The van der Waals surface area contributed by atoms with Gasteiger partial charge in [-0.3, -0.25) is 0 Å². The van der Waals surface area contributed by atoms with Crippen molar-refractivity contribution in [3.63, 3.8) is 0 Å². The van der Waals surface area contributed by atoms with E-state index in [1.54, 1.807) is 18.2 Å². The average molecular weight is 298 g/mol. The number of halogens is 6. The molecule has 1 rings (SSSR count). The first-order valence-corrected chi connectivity index (χ1v) is 5.18. The summed E-state index contributed by atoms with van der Waals surface area (Å²) < 4.78 is 76.1. The van der Waals surface area contributed by atoms with Gasteiger partial charge in [0.2, 0.25) is 0 Å². The molecular formula is C12H8F6O2. The van der Waals surface area contributed by atoms with Gasteiger partial charge in [0.25, 0.3) is 6.10 Å². The van der Waals surface area contributed by atoms with Crippen molar-refractivity contribution in [2.75, 3.05) is 0 Å².